The average Bonchev–Trinajstić information content (AvgIpc) is 3.34. The van der Waals surface area contributed by atoms with Gasteiger partial charge >= 0.3 is 0 Å². The third kappa shape index (κ3) is 4.24. The number of nitrogens with zero attached hydrogens (tertiary/aromatic N) is 3. The molecular formula is C26H24N4O2S. The quantitative estimate of drug-likeness (QED) is 0.388. The van der Waals surface area contributed by atoms with Crippen molar-refractivity contribution in [2.24, 2.45) is 4.99 Å². The molecule has 1 aromatic heterocycles. The number of thioether (sulfide) groups is 1. The largest absolute Gasteiger partial charge is 0.494 e. The van der Waals surface area contributed by atoms with Gasteiger partial charge in [-0.2, -0.15) is 4.99 Å². The van der Waals surface area contributed by atoms with Gasteiger partial charge in [-0.3, -0.25) is 15.1 Å². The summed E-state index contributed by atoms with van der Waals surface area (Å²) in [6, 6.07) is 16.2. The number of amides is 1. The van der Waals surface area contributed by atoms with Crippen LogP contribution >= 0.6 is 11.8 Å². The van der Waals surface area contributed by atoms with Crippen LogP contribution in [0.15, 0.2) is 76.4 Å². The van der Waals surface area contributed by atoms with Crippen molar-refractivity contribution in [2.45, 2.75) is 26.8 Å². The molecule has 0 aliphatic carbocycles. The summed E-state index contributed by atoms with van der Waals surface area (Å²) in [5, 5.41) is 10.2. The van der Waals surface area contributed by atoms with Crippen molar-refractivity contribution in [3.63, 3.8) is 0 Å². The van der Waals surface area contributed by atoms with Crippen LogP contribution in [0.2, 0.25) is 0 Å². The first-order valence-corrected chi connectivity index (χ1v) is 11.7. The van der Waals surface area contributed by atoms with E-state index in [0.29, 0.717) is 17.3 Å². The molecule has 0 saturated heterocycles. The van der Waals surface area contributed by atoms with E-state index >= 15 is 0 Å². The van der Waals surface area contributed by atoms with Crippen LogP contribution in [0.5, 0.6) is 5.75 Å². The highest BCUT2D eigenvalue weighted by Gasteiger charge is 2.33. The summed E-state index contributed by atoms with van der Waals surface area (Å²) >= 11 is 1.41. The second kappa shape index (κ2) is 8.75. The van der Waals surface area contributed by atoms with Gasteiger partial charge in [0.05, 0.1) is 12.2 Å². The molecule has 166 valence electrons. The van der Waals surface area contributed by atoms with Crippen molar-refractivity contribution in [3.8, 4) is 5.75 Å². The highest BCUT2D eigenvalue weighted by Crippen LogP contribution is 2.33. The highest BCUT2D eigenvalue weighted by molar-refractivity contribution is 8.17. The number of benzene rings is 2. The van der Waals surface area contributed by atoms with Gasteiger partial charge in [-0.15, -0.1) is 0 Å². The minimum absolute atomic E-state index is 0.165. The van der Waals surface area contributed by atoms with Crippen LogP contribution < -0.4 is 4.74 Å². The van der Waals surface area contributed by atoms with E-state index in [-0.39, 0.29) is 11.7 Å². The molecule has 2 aromatic carbocycles. The fourth-order valence-electron chi connectivity index (χ4n) is 4.06. The zero-order valence-electron chi connectivity index (χ0n) is 18.5. The summed E-state index contributed by atoms with van der Waals surface area (Å²) in [6.07, 6.45) is 6.53. The number of nitrogens with one attached hydrogen (secondary N) is 1. The molecule has 6 nitrogen and oxygen atoms in total. The first-order valence-electron chi connectivity index (χ1n) is 10.9. The Balaban J connectivity index is 1.38. The van der Waals surface area contributed by atoms with Crippen LogP contribution in [0.3, 0.4) is 0 Å². The smallest absolute Gasteiger partial charge is 0.283 e. The fraction of sp³-hybridized carbons (Fsp3) is 0.192. The first-order chi connectivity index (χ1) is 16.0. The number of ether oxygens (including phenoxy) is 1. The number of amidine groups is 2. The summed E-state index contributed by atoms with van der Waals surface area (Å²) in [4.78, 5) is 19.6. The number of hydrogen-bond donors (Lipinski definition) is 1. The zero-order chi connectivity index (χ0) is 22.9. The predicted molar refractivity (Wildman–Crippen MR) is 135 cm³/mol. The summed E-state index contributed by atoms with van der Waals surface area (Å²) in [5.41, 5.74) is 3.48. The predicted octanol–water partition coefficient (Wildman–Crippen LogP) is 5.59. The standard InChI is InChI=1S/C26H24N4O2S/c1-17-7-5-8-20(13-17)32-12-6-11-29-16-19(21-9-3-4-10-23(21)29)14-22-24(27)30-15-18(2)33-26(30)28-25(22)31/h3-5,7-10,13-16,27H,6,11-12H2,1-2H3/b22-14+,27-24?. The molecule has 0 fully saturated rings. The highest BCUT2D eigenvalue weighted by atomic mass is 32.2. The van der Waals surface area contributed by atoms with E-state index in [1.165, 1.54) is 17.3 Å². The van der Waals surface area contributed by atoms with E-state index in [0.717, 1.165) is 40.1 Å². The van der Waals surface area contributed by atoms with Crippen LogP contribution in [0.25, 0.3) is 17.0 Å². The Morgan fingerprint density at radius 2 is 2.00 bits per heavy atom. The van der Waals surface area contributed by atoms with Crippen molar-refractivity contribution >= 4 is 45.7 Å². The molecule has 1 amide bonds. The summed E-state index contributed by atoms with van der Waals surface area (Å²) in [5.74, 6) is 0.680. The number of para-hydroxylation sites is 1. The minimum Gasteiger partial charge on any atom is -0.494 e. The van der Waals surface area contributed by atoms with E-state index in [4.69, 9.17) is 10.1 Å². The van der Waals surface area contributed by atoms with Crippen molar-refractivity contribution in [1.29, 1.82) is 5.41 Å². The number of aliphatic imine (C=N–C) groups is 1. The lowest BCUT2D eigenvalue weighted by Gasteiger charge is -2.22. The van der Waals surface area contributed by atoms with Crippen molar-refractivity contribution in [3.05, 3.63) is 82.5 Å². The van der Waals surface area contributed by atoms with Gasteiger partial charge in [0.25, 0.3) is 5.91 Å². The van der Waals surface area contributed by atoms with E-state index in [1.807, 2.05) is 55.7 Å². The number of allylic oxidation sites excluding steroid dienone is 1. The number of aromatic nitrogens is 1. The average molecular weight is 457 g/mol. The lowest BCUT2D eigenvalue weighted by atomic mass is 10.1. The maximum atomic E-state index is 12.7. The van der Waals surface area contributed by atoms with Crippen molar-refractivity contribution < 1.29 is 9.53 Å². The van der Waals surface area contributed by atoms with E-state index in [2.05, 4.69) is 28.6 Å². The van der Waals surface area contributed by atoms with Crippen LogP contribution in [0.4, 0.5) is 0 Å². The van der Waals surface area contributed by atoms with Gasteiger partial charge < -0.3 is 9.30 Å². The van der Waals surface area contributed by atoms with Gasteiger partial charge in [0, 0.05) is 40.3 Å². The van der Waals surface area contributed by atoms with Gasteiger partial charge in [-0.25, -0.2) is 0 Å². The number of carbonyl (C=O) groups excluding carboxylic acids is 1. The van der Waals surface area contributed by atoms with Crippen molar-refractivity contribution in [2.75, 3.05) is 6.61 Å². The summed E-state index contributed by atoms with van der Waals surface area (Å²) < 4.78 is 8.08. The molecular weight excluding hydrogens is 432 g/mol. The monoisotopic (exact) mass is 456 g/mol. The Kier molecular flexibility index (Phi) is 5.64. The Hall–Kier alpha value is -3.58. The zero-order valence-corrected chi connectivity index (χ0v) is 19.4. The number of hydrogen-bond acceptors (Lipinski definition) is 4. The Labute approximate surface area is 196 Å². The molecule has 2 aliphatic heterocycles. The minimum atomic E-state index is -0.370. The first kappa shape index (κ1) is 21.3. The Morgan fingerprint density at radius 1 is 1.15 bits per heavy atom. The number of rotatable bonds is 6. The molecule has 0 unspecified atom stereocenters. The number of aryl methyl sites for hydroxylation is 2. The lowest BCUT2D eigenvalue weighted by molar-refractivity contribution is -0.114. The van der Waals surface area contributed by atoms with Crippen LogP contribution in [-0.4, -0.2) is 33.0 Å². The second-order valence-corrected chi connectivity index (χ2v) is 9.34. The van der Waals surface area contributed by atoms with Gasteiger partial charge in [0.15, 0.2) is 5.17 Å². The molecule has 7 heteroatoms. The maximum Gasteiger partial charge on any atom is 0.283 e. The van der Waals surface area contributed by atoms with Crippen molar-refractivity contribution in [1.82, 2.24) is 9.47 Å². The molecule has 3 heterocycles. The molecule has 0 radical (unpaired) electrons. The molecule has 0 atom stereocenters. The summed E-state index contributed by atoms with van der Waals surface area (Å²) in [7, 11) is 0. The Morgan fingerprint density at radius 3 is 2.85 bits per heavy atom. The second-order valence-electron chi connectivity index (χ2n) is 8.13. The molecule has 0 spiro atoms. The fourth-order valence-corrected chi connectivity index (χ4v) is 4.88. The molecule has 33 heavy (non-hydrogen) atoms. The molecule has 2 aliphatic rings. The molecule has 0 bridgehead atoms. The SMILES string of the molecule is CC1=CN2C(=N)/C(=C\c3cn(CCCOc4cccc(C)c4)c4ccccc34)C(=O)N=C2S1. The lowest BCUT2D eigenvalue weighted by Crippen LogP contribution is -2.35. The maximum absolute atomic E-state index is 12.7. The van der Waals surface area contributed by atoms with Gasteiger partial charge in [-0.1, -0.05) is 42.1 Å². The Bertz CT molecular complexity index is 1370. The number of carbonyl (C=O) groups is 1. The molecule has 3 aromatic rings. The third-order valence-corrected chi connectivity index (χ3v) is 6.51. The normalized spacial score (nSPS) is 16.9. The van der Waals surface area contributed by atoms with Gasteiger partial charge in [-0.05, 0) is 50.1 Å². The molecule has 5 rings (SSSR count). The molecule has 0 saturated carbocycles. The van der Waals surface area contributed by atoms with E-state index in [1.54, 1.807) is 11.0 Å². The van der Waals surface area contributed by atoms with Crippen LogP contribution in [0.1, 0.15) is 24.5 Å². The number of fused-ring (bicyclic) bond motifs is 2. The van der Waals surface area contributed by atoms with E-state index in [9.17, 15) is 4.79 Å². The summed E-state index contributed by atoms with van der Waals surface area (Å²) in [6.45, 7) is 5.40. The van der Waals surface area contributed by atoms with E-state index < -0.39 is 0 Å². The topological polar surface area (TPSA) is 70.7 Å². The van der Waals surface area contributed by atoms with Gasteiger partial charge in [0.2, 0.25) is 0 Å². The van der Waals surface area contributed by atoms with Crippen LogP contribution in [0, 0.1) is 12.3 Å². The third-order valence-electron chi connectivity index (χ3n) is 5.61. The van der Waals surface area contributed by atoms with Crippen LogP contribution in [-0.2, 0) is 11.3 Å². The molecule has 1 N–H and O–H groups in total. The van der Waals surface area contributed by atoms with Gasteiger partial charge in [0.1, 0.15) is 11.6 Å².